The Labute approximate surface area is 197 Å². The Kier molecular flexibility index (Phi) is 7.62. The number of methoxy groups -OCH3 is 2. The van der Waals surface area contributed by atoms with Crippen LogP contribution in [-0.2, 0) is 11.2 Å². The van der Waals surface area contributed by atoms with Crippen molar-refractivity contribution in [1.82, 2.24) is 10.3 Å². The average molecular weight is 466 g/mol. The Morgan fingerprint density at radius 2 is 1.91 bits per heavy atom. The molecule has 1 amide bonds. The monoisotopic (exact) mass is 466 g/mol. The van der Waals surface area contributed by atoms with Crippen molar-refractivity contribution in [3.8, 4) is 11.5 Å². The van der Waals surface area contributed by atoms with Gasteiger partial charge in [0, 0.05) is 36.9 Å². The summed E-state index contributed by atoms with van der Waals surface area (Å²) in [5.41, 5.74) is 1.57. The molecule has 1 aliphatic rings. The van der Waals surface area contributed by atoms with Gasteiger partial charge in [-0.05, 0) is 59.9 Å². The second-order valence-electron chi connectivity index (χ2n) is 7.86. The van der Waals surface area contributed by atoms with Crippen molar-refractivity contribution in [3.63, 3.8) is 0 Å². The summed E-state index contributed by atoms with van der Waals surface area (Å²) in [6, 6.07) is 11.4. The zero-order valence-corrected chi connectivity index (χ0v) is 19.6. The number of amides is 1. The van der Waals surface area contributed by atoms with E-state index in [1.807, 2.05) is 36.4 Å². The van der Waals surface area contributed by atoms with E-state index in [0.717, 1.165) is 41.8 Å². The molecule has 172 valence electrons. The molecule has 1 aliphatic heterocycles. The molecule has 2 aromatic carbocycles. The summed E-state index contributed by atoms with van der Waals surface area (Å²) >= 11 is 1.77. The molecule has 1 saturated heterocycles. The summed E-state index contributed by atoms with van der Waals surface area (Å²) in [6.45, 7) is 1.95. The van der Waals surface area contributed by atoms with Crippen LogP contribution in [0.4, 0.5) is 0 Å². The normalized spacial score (nSPS) is 13.7. The first-order chi connectivity index (χ1) is 16.1. The van der Waals surface area contributed by atoms with E-state index in [1.54, 1.807) is 25.8 Å². The van der Waals surface area contributed by atoms with E-state index in [9.17, 15) is 9.59 Å². The average Bonchev–Trinajstić information content (AvgIpc) is 2.85. The number of H-pyrrole nitrogens is 1. The molecule has 9 heteroatoms. The Morgan fingerprint density at radius 1 is 1.12 bits per heavy atom. The Morgan fingerprint density at radius 3 is 2.67 bits per heavy atom. The Balaban J connectivity index is 1.44. The fraction of sp³-hybridized carbons (Fsp3) is 0.333. The molecule has 7 nitrogen and oxygen atoms in total. The minimum absolute atomic E-state index is 0.114. The molecule has 1 aromatic heterocycles. The predicted octanol–water partition coefficient (Wildman–Crippen LogP) is 3.63. The number of ether oxygens (including phenoxy) is 3. The van der Waals surface area contributed by atoms with Crippen LogP contribution in [0.2, 0.25) is 12.6 Å². The molecule has 0 unspecified atom stereocenters. The second kappa shape index (κ2) is 10.8. The number of nitrogens with one attached hydrogen (secondary N) is 2. The van der Waals surface area contributed by atoms with Crippen LogP contribution < -0.4 is 20.2 Å². The molecule has 2 heterocycles. The second-order valence-corrected chi connectivity index (χ2v) is 9.24. The van der Waals surface area contributed by atoms with Crippen molar-refractivity contribution in [2.24, 2.45) is 0 Å². The van der Waals surface area contributed by atoms with Gasteiger partial charge in [-0.15, -0.1) is 0 Å². The topological polar surface area (TPSA) is 89.6 Å². The lowest BCUT2D eigenvalue weighted by Crippen LogP contribution is -2.30. The number of benzene rings is 2. The molecule has 0 atom stereocenters. The lowest BCUT2D eigenvalue weighted by molar-refractivity contribution is 0.0953. The van der Waals surface area contributed by atoms with Crippen molar-refractivity contribution in [2.45, 2.75) is 24.0 Å². The molecular formula is C24H27BN2O5S. The van der Waals surface area contributed by atoms with Crippen LogP contribution in [0, 0.1) is 0 Å². The summed E-state index contributed by atoms with van der Waals surface area (Å²) < 4.78 is 16.0. The Hall–Kier alpha value is -2.91. The van der Waals surface area contributed by atoms with Crippen LogP contribution in [0.15, 0.2) is 52.3 Å². The highest BCUT2D eigenvalue weighted by atomic mass is 32.2. The van der Waals surface area contributed by atoms with Gasteiger partial charge >= 0.3 is 0 Å². The number of carbonyl (C=O) groups is 1. The standard InChI is InChI=1S/C24H27BN2O5S/c1-30-21-6-3-16(13-22(21)31-2)7-10-26-24(29)19-15-27-20-5-4-17(14-18(20)23(19)28)33-25-8-11-32-12-9-25/h3-6,13-15H,7-12H2,1-2H3,(H,26,29)(H,27,28). The summed E-state index contributed by atoms with van der Waals surface area (Å²) in [6.07, 6.45) is 4.09. The number of aromatic amines is 1. The van der Waals surface area contributed by atoms with E-state index in [0.29, 0.717) is 35.8 Å². The summed E-state index contributed by atoms with van der Waals surface area (Å²) in [5, 5.41) is 3.38. The molecule has 0 bridgehead atoms. The quantitative estimate of drug-likeness (QED) is 0.493. The van der Waals surface area contributed by atoms with E-state index < -0.39 is 0 Å². The van der Waals surface area contributed by atoms with Gasteiger partial charge in [0.25, 0.3) is 5.91 Å². The van der Waals surface area contributed by atoms with Gasteiger partial charge in [-0.1, -0.05) is 6.07 Å². The molecular weight excluding hydrogens is 439 g/mol. The van der Waals surface area contributed by atoms with Crippen LogP contribution in [0.25, 0.3) is 10.9 Å². The smallest absolute Gasteiger partial charge is 0.256 e. The van der Waals surface area contributed by atoms with Gasteiger partial charge in [0.2, 0.25) is 11.4 Å². The summed E-state index contributed by atoms with van der Waals surface area (Å²) in [4.78, 5) is 29.9. The number of carbonyl (C=O) groups excluding carboxylic acids is 1. The number of rotatable bonds is 8. The minimum atomic E-state index is -0.388. The largest absolute Gasteiger partial charge is 0.493 e. The third-order valence-corrected chi connectivity index (χ3v) is 7.05. The molecule has 3 aromatic rings. The van der Waals surface area contributed by atoms with Gasteiger partial charge < -0.3 is 24.5 Å². The zero-order valence-electron chi connectivity index (χ0n) is 18.8. The number of aromatic nitrogens is 1. The van der Waals surface area contributed by atoms with E-state index in [4.69, 9.17) is 14.2 Å². The predicted molar refractivity (Wildman–Crippen MR) is 132 cm³/mol. The SMILES string of the molecule is COc1ccc(CCNC(=O)c2c[nH]c3ccc(SB4CCOCC4)cc3c2=O)cc1OC. The lowest BCUT2D eigenvalue weighted by atomic mass is 9.68. The van der Waals surface area contributed by atoms with E-state index >= 15 is 0 Å². The highest BCUT2D eigenvalue weighted by Crippen LogP contribution is 2.29. The fourth-order valence-corrected chi connectivity index (χ4v) is 5.02. The molecule has 0 saturated carbocycles. The van der Waals surface area contributed by atoms with Gasteiger partial charge in [-0.25, -0.2) is 0 Å². The molecule has 2 N–H and O–H groups in total. The summed E-state index contributed by atoms with van der Waals surface area (Å²) in [7, 11) is 3.17. The first-order valence-corrected chi connectivity index (χ1v) is 11.9. The van der Waals surface area contributed by atoms with Crippen LogP contribution in [-0.4, -0.2) is 50.9 Å². The van der Waals surface area contributed by atoms with Gasteiger partial charge in [0.15, 0.2) is 11.5 Å². The number of hydrogen-bond donors (Lipinski definition) is 2. The molecule has 0 spiro atoms. The third kappa shape index (κ3) is 5.54. The lowest BCUT2D eigenvalue weighted by Gasteiger charge is -2.18. The zero-order chi connectivity index (χ0) is 23.2. The maximum absolute atomic E-state index is 13.1. The van der Waals surface area contributed by atoms with Crippen molar-refractivity contribution in [3.05, 3.63) is 63.9 Å². The van der Waals surface area contributed by atoms with Gasteiger partial charge in [0.05, 0.1) is 14.2 Å². The first kappa shape index (κ1) is 23.3. The molecule has 0 aliphatic carbocycles. The minimum Gasteiger partial charge on any atom is -0.493 e. The van der Waals surface area contributed by atoms with Crippen molar-refractivity contribution < 1.29 is 19.0 Å². The van der Waals surface area contributed by atoms with Crippen molar-refractivity contribution in [1.29, 1.82) is 0 Å². The molecule has 1 fully saturated rings. The highest BCUT2D eigenvalue weighted by Gasteiger charge is 2.20. The highest BCUT2D eigenvalue weighted by molar-refractivity contribution is 8.25. The van der Waals surface area contributed by atoms with Crippen molar-refractivity contribution in [2.75, 3.05) is 34.0 Å². The summed E-state index contributed by atoms with van der Waals surface area (Å²) in [5.74, 6) is 1.39. The van der Waals surface area contributed by atoms with Crippen LogP contribution in [0.5, 0.6) is 11.5 Å². The van der Waals surface area contributed by atoms with Gasteiger partial charge in [-0.3, -0.25) is 9.59 Å². The van der Waals surface area contributed by atoms with Gasteiger partial charge in [-0.2, -0.15) is 11.6 Å². The van der Waals surface area contributed by atoms with Gasteiger partial charge in [0.1, 0.15) is 5.56 Å². The van der Waals surface area contributed by atoms with E-state index in [1.165, 1.54) is 6.20 Å². The maximum atomic E-state index is 13.1. The number of fused-ring (bicyclic) bond motifs is 1. The first-order valence-electron chi connectivity index (χ1n) is 11.0. The molecule has 0 radical (unpaired) electrons. The molecule has 33 heavy (non-hydrogen) atoms. The number of hydrogen-bond acceptors (Lipinski definition) is 6. The fourth-order valence-electron chi connectivity index (χ4n) is 3.88. The third-order valence-electron chi connectivity index (χ3n) is 5.72. The van der Waals surface area contributed by atoms with E-state index in [-0.39, 0.29) is 16.9 Å². The van der Waals surface area contributed by atoms with Crippen LogP contribution in [0.1, 0.15) is 15.9 Å². The Bertz CT molecular complexity index is 1190. The van der Waals surface area contributed by atoms with E-state index in [2.05, 4.69) is 10.3 Å². The maximum Gasteiger partial charge on any atom is 0.256 e. The van der Waals surface area contributed by atoms with Crippen LogP contribution in [0.3, 0.4) is 0 Å². The molecule has 4 rings (SSSR count). The van der Waals surface area contributed by atoms with Crippen LogP contribution >= 0.6 is 11.6 Å². The van der Waals surface area contributed by atoms with Crippen molar-refractivity contribution >= 4 is 34.4 Å². The number of pyridine rings is 1.